The number of nitrogens with zero attached hydrogens (tertiary/aromatic N) is 3. The van der Waals surface area contributed by atoms with Crippen molar-refractivity contribution in [1.29, 1.82) is 0 Å². The third-order valence-corrected chi connectivity index (χ3v) is 6.48. The average molecular weight is 629 g/mol. The Morgan fingerprint density at radius 1 is 0.607 bits per heavy atom. The molecule has 2 aromatic carbocycles. The number of para-hydroxylation sites is 2. The first-order valence-electron chi connectivity index (χ1n) is 8.33. The summed E-state index contributed by atoms with van der Waals surface area (Å²) in [4.78, 5) is 14.3. The van der Waals surface area contributed by atoms with E-state index in [4.69, 9.17) is 15.0 Å². The largest absolute Gasteiger partial charge is 0.249 e. The van der Waals surface area contributed by atoms with Crippen LogP contribution in [0.2, 0.25) is 0 Å². The zero-order valence-electron chi connectivity index (χ0n) is 15.0. The minimum Gasteiger partial charge on any atom is -0.249 e. The van der Waals surface area contributed by atoms with Gasteiger partial charge in [-0.3, -0.25) is 0 Å². The van der Waals surface area contributed by atoms with Crippen molar-refractivity contribution in [3.05, 3.63) is 83.9 Å². The molecule has 0 atom stereocenters. The van der Waals surface area contributed by atoms with Crippen molar-refractivity contribution in [1.82, 2.24) is 4.98 Å². The Labute approximate surface area is 197 Å². The molecule has 0 saturated heterocycles. The van der Waals surface area contributed by atoms with Crippen LogP contribution >= 0.6 is 63.7 Å². The third-order valence-electron chi connectivity index (χ3n) is 3.92. The van der Waals surface area contributed by atoms with Crippen LogP contribution in [0.4, 0.5) is 11.4 Å². The lowest BCUT2D eigenvalue weighted by molar-refractivity contribution is 1.23. The van der Waals surface area contributed by atoms with Gasteiger partial charge in [0.05, 0.1) is 34.2 Å². The van der Waals surface area contributed by atoms with E-state index in [2.05, 4.69) is 63.7 Å². The summed E-state index contributed by atoms with van der Waals surface area (Å²) < 4.78 is 3.70. The smallest absolute Gasteiger partial charge is 0.0917 e. The van der Waals surface area contributed by atoms with Crippen molar-refractivity contribution < 1.29 is 0 Å². The maximum Gasteiger partial charge on any atom is 0.0917 e. The quantitative estimate of drug-likeness (QED) is 0.267. The fourth-order valence-electron chi connectivity index (χ4n) is 2.48. The third kappa shape index (κ3) is 5.06. The highest BCUT2D eigenvalue weighted by Crippen LogP contribution is 2.34. The molecule has 28 heavy (non-hydrogen) atoms. The lowest BCUT2D eigenvalue weighted by Crippen LogP contribution is -2.05. The van der Waals surface area contributed by atoms with Crippen LogP contribution in [0.3, 0.4) is 0 Å². The van der Waals surface area contributed by atoms with Gasteiger partial charge in [-0.05, 0) is 114 Å². The number of hydrogen-bond donors (Lipinski definition) is 0. The highest BCUT2D eigenvalue weighted by Gasteiger charge is 2.09. The molecule has 142 valence electrons. The second-order valence-corrected chi connectivity index (χ2v) is 9.36. The van der Waals surface area contributed by atoms with Crippen molar-refractivity contribution in [3.63, 3.8) is 0 Å². The Morgan fingerprint density at radius 2 is 0.929 bits per heavy atom. The van der Waals surface area contributed by atoms with Gasteiger partial charge >= 0.3 is 0 Å². The molecule has 7 heteroatoms. The Hall–Kier alpha value is -1.15. The summed E-state index contributed by atoms with van der Waals surface area (Å²) in [7, 11) is 0. The molecule has 3 rings (SSSR count). The molecule has 0 aliphatic rings. The summed E-state index contributed by atoms with van der Waals surface area (Å²) in [5, 5.41) is 0. The molecule has 0 radical (unpaired) electrons. The van der Waals surface area contributed by atoms with Crippen molar-refractivity contribution >= 4 is 86.5 Å². The molecular formula is C21H15Br4N3. The molecule has 0 amide bonds. The summed E-state index contributed by atoms with van der Waals surface area (Å²) in [6.07, 6.45) is 0. The number of aliphatic imine (C=N–C) groups is 2. The van der Waals surface area contributed by atoms with Crippen LogP contribution in [0.25, 0.3) is 0 Å². The van der Waals surface area contributed by atoms with E-state index in [-0.39, 0.29) is 0 Å². The Bertz CT molecular complexity index is 968. The second-order valence-electron chi connectivity index (χ2n) is 5.94. The summed E-state index contributed by atoms with van der Waals surface area (Å²) in [6.45, 7) is 3.91. The second kappa shape index (κ2) is 9.57. The Morgan fingerprint density at radius 3 is 1.29 bits per heavy atom. The highest BCUT2D eigenvalue weighted by atomic mass is 79.9. The van der Waals surface area contributed by atoms with E-state index >= 15 is 0 Å². The number of halogens is 4. The molecule has 3 nitrogen and oxygen atoms in total. The van der Waals surface area contributed by atoms with Crippen molar-refractivity contribution in [2.45, 2.75) is 13.8 Å². The summed E-state index contributed by atoms with van der Waals surface area (Å²) in [5.74, 6) is 0. The minimum absolute atomic E-state index is 0.806. The minimum atomic E-state index is 0.806. The Balaban J connectivity index is 1.98. The molecule has 0 spiro atoms. The van der Waals surface area contributed by atoms with Crippen LogP contribution in [0, 0.1) is 0 Å². The predicted octanol–water partition coefficient (Wildman–Crippen LogP) is 8.41. The molecule has 0 saturated carbocycles. The van der Waals surface area contributed by atoms with E-state index in [1.807, 2.05) is 68.4 Å². The van der Waals surface area contributed by atoms with Gasteiger partial charge in [0.25, 0.3) is 0 Å². The number of pyridine rings is 1. The van der Waals surface area contributed by atoms with E-state index in [9.17, 15) is 0 Å². The molecule has 0 bridgehead atoms. The van der Waals surface area contributed by atoms with Gasteiger partial charge in [0, 0.05) is 17.9 Å². The van der Waals surface area contributed by atoms with Gasteiger partial charge in [-0.1, -0.05) is 18.2 Å². The van der Waals surface area contributed by atoms with Crippen molar-refractivity contribution in [2.75, 3.05) is 0 Å². The summed E-state index contributed by atoms with van der Waals surface area (Å²) in [6, 6.07) is 17.7. The van der Waals surface area contributed by atoms with Crippen LogP contribution in [0.1, 0.15) is 25.2 Å². The molecule has 3 aromatic rings. The standard InChI is InChI=1S/C21H15Br4N3/c1-12(26-20-14(22)6-3-7-15(20)23)18-10-5-11-19(28-18)13(2)27-21-16(24)8-4-9-17(21)25/h3-11H,1-2H3. The molecule has 1 heterocycles. The molecule has 0 aliphatic heterocycles. The predicted molar refractivity (Wildman–Crippen MR) is 132 cm³/mol. The van der Waals surface area contributed by atoms with Crippen molar-refractivity contribution in [3.8, 4) is 0 Å². The first-order valence-corrected chi connectivity index (χ1v) is 11.5. The zero-order valence-corrected chi connectivity index (χ0v) is 21.4. The zero-order chi connectivity index (χ0) is 20.3. The normalized spacial score (nSPS) is 12.4. The Kier molecular flexibility index (Phi) is 7.36. The maximum atomic E-state index is 4.76. The lowest BCUT2D eigenvalue weighted by Gasteiger charge is -2.08. The van der Waals surface area contributed by atoms with Gasteiger partial charge in [0.15, 0.2) is 0 Å². The van der Waals surface area contributed by atoms with Crippen molar-refractivity contribution in [2.24, 2.45) is 9.98 Å². The van der Waals surface area contributed by atoms with Crippen LogP contribution in [-0.2, 0) is 0 Å². The molecule has 0 aliphatic carbocycles. The van der Waals surface area contributed by atoms with E-state index in [1.165, 1.54) is 0 Å². The topological polar surface area (TPSA) is 37.6 Å². The van der Waals surface area contributed by atoms with Crippen LogP contribution in [0.15, 0.2) is 82.5 Å². The summed E-state index contributed by atoms with van der Waals surface area (Å²) >= 11 is 14.2. The first kappa shape index (κ1) is 21.6. The number of rotatable bonds is 4. The van der Waals surface area contributed by atoms with Gasteiger partial charge in [-0.2, -0.15) is 0 Å². The van der Waals surface area contributed by atoms with E-state index < -0.39 is 0 Å². The fourth-order valence-corrected chi connectivity index (χ4v) is 4.83. The van der Waals surface area contributed by atoms with E-state index in [0.717, 1.165) is 52.1 Å². The molecule has 0 fully saturated rings. The first-order chi connectivity index (χ1) is 13.4. The highest BCUT2D eigenvalue weighted by molar-refractivity contribution is 9.11. The van der Waals surface area contributed by atoms with Gasteiger partial charge in [0.1, 0.15) is 0 Å². The van der Waals surface area contributed by atoms with Gasteiger partial charge in [-0.25, -0.2) is 15.0 Å². The average Bonchev–Trinajstić information content (AvgIpc) is 2.67. The summed E-state index contributed by atoms with van der Waals surface area (Å²) in [5.41, 5.74) is 4.94. The molecule has 1 aromatic heterocycles. The van der Waals surface area contributed by atoms with Crippen LogP contribution in [0.5, 0.6) is 0 Å². The molecule has 0 N–H and O–H groups in total. The monoisotopic (exact) mass is 625 g/mol. The van der Waals surface area contributed by atoms with Crippen LogP contribution in [-0.4, -0.2) is 16.4 Å². The van der Waals surface area contributed by atoms with E-state index in [1.54, 1.807) is 0 Å². The SMILES string of the molecule is CC(=Nc1c(Br)cccc1Br)c1cccc(C(C)=Nc2c(Br)cccc2Br)n1. The molecular weight excluding hydrogens is 614 g/mol. The molecule has 0 unspecified atom stereocenters. The number of hydrogen-bond acceptors (Lipinski definition) is 3. The lowest BCUT2D eigenvalue weighted by atomic mass is 10.2. The fraction of sp³-hybridized carbons (Fsp3) is 0.0952. The van der Waals surface area contributed by atoms with Crippen LogP contribution < -0.4 is 0 Å². The maximum absolute atomic E-state index is 4.76. The number of aromatic nitrogens is 1. The van der Waals surface area contributed by atoms with Gasteiger partial charge < -0.3 is 0 Å². The van der Waals surface area contributed by atoms with Gasteiger partial charge in [0.2, 0.25) is 0 Å². The van der Waals surface area contributed by atoms with Gasteiger partial charge in [-0.15, -0.1) is 0 Å². The van der Waals surface area contributed by atoms with E-state index in [0.29, 0.717) is 0 Å². The number of benzene rings is 2.